The van der Waals surface area contributed by atoms with E-state index in [1.165, 1.54) is 0 Å². The van der Waals surface area contributed by atoms with Gasteiger partial charge in [0.25, 0.3) is 0 Å². The molecule has 0 aliphatic heterocycles. The van der Waals surface area contributed by atoms with Crippen LogP contribution in [0.25, 0.3) is 0 Å². The molecule has 0 bridgehead atoms. The Kier molecular flexibility index (Phi) is 3.99. The number of pyridine rings is 1. The van der Waals surface area contributed by atoms with Crippen molar-refractivity contribution in [2.75, 3.05) is 0 Å². The average molecular weight is 242 g/mol. The highest BCUT2D eigenvalue weighted by molar-refractivity contribution is 5.14. The molecule has 0 aliphatic rings. The second kappa shape index (κ2) is 5.69. The van der Waals surface area contributed by atoms with Crippen molar-refractivity contribution < 1.29 is 0 Å². The van der Waals surface area contributed by atoms with E-state index < -0.39 is 0 Å². The van der Waals surface area contributed by atoms with Gasteiger partial charge in [-0.1, -0.05) is 6.07 Å². The minimum Gasteiger partial charge on any atom is -0.303 e. The quantitative estimate of drug-likeness (QED) is 0.894. The van der Waals surface area contributed by atoms with E-state index >= 15 is 0 Å². The number of nitrogens with one attached hydrogen (secondary N) is 1. The summed E-state index contributed by atoms with van der Waals surface area (Å²) in [7, 11) is 0. The van der Waals surface area contributed by atoms with E-state index in [9.17, 15) is 0 Å². The molecule has 0 radical (unpaired) electrons. The van der Waals surface area contributed by atoms with Gasteiger partial charge >= 0.3 is 0 Å². The first kappa shape index (κ1) is 12.6. The summed E-state index contributed by atoms with van der Waals surface area (Å²) in [5.74, 6) is 0. The van der Waals surface area contributed by atoms with Crippen molar-refractivity contribution in [2.24, 2.45) is 0 Å². The van der Waals surface area contributed by atoms with Crippen LogP contribution in [0.4, 0.5) is 0 Å². The van der Waals surface area contributed by atoms with Crippen LogP contribution in [0.15, 0.2) is 30.6 Å². The lowest BCUT2D eigenvalue weighted by Crippen LogP contribution is -2.21. The first-order valence-electron chi connectivity index (χ1n) is 6.10. The molecule has 0 fully saturated rings. The molecule has 0 aliphatic carbocycles. The van der Waals surface area contributed by atoms with E-state index in [1.54, 1.807) is 12.4 Å². The van der Waals surface area contributed by atoms with Crippen LogP contribution in [-0.4, -0.2) is 15.0 Å². The lowest BCUT2D eigenvalue weighted by atomic mass is 10.2. The summed E-state index contributed by atoms with van der Waals surface area (Å²) in [5, 5.41) is 3.42. The zero-order valence-corrected chi connectivity index (χ0v) is 11.0. The number of hydrogen-bond acceptors (Lipinski definition) is 4. The maximum absolute atomic E-state index is 4.46. The number of aromatic nitrogens is 3. The average Bonchev–Trinajstić information content (AvgIpc) is 2.37. The van der Waals surface area contributed by atoms with Crippen molar-refractivity contribution in [2.45, 2.75) is 33.4 Å². The van der Waals surface area contributed by atoms with Crippen LogP contribution in [0.2, 0.25) is 0 Å². The minimum atomic E-state index is 0.168. The van der Waals surface area contributed by atoms with Crippen molar-refractivity contribution >= 4 is 0 Å². The lowest BCUT2D eigenvalue weighted by molar-refractivity contribution is 0.549. The van der Waals surface area contributed by atoms with E-state index in [0.29, 0.717) is 0 Å². The van der Waals surface area contributed by atoms with E-state index in [0.717, 1.165) is 29.3 Å². The molecule has 0 amide bonds. The van der Waals surface area contributed by atoms with Gasteiger partial charge in [0.05, 0.1) is 17.1 Å². The number of rotatable bonds is 4. The Hall–Kier alpha value is -1.81. The highest BCUT2D eigenvalue weighted by Crippen LogP contribution is 2.12. The first-order chi connectivity index (χ1) is 8.66. The van der Waals surface area contributed by atoms with Crippen LogP contribution in [-0.2, 0) is 6.54 Å². The third-order valence-electron chi connectivity index (χ3n) is 2.86. The molecule has 2 aromatic heterocycles. The maximum Gasteiger partial charge on any atom is 0.0782 e. The van der Waals surface area contributed by atoms with Gasteiger partial charge in [0.2, 0.25) is 0 Å². The molecule has 4 heteroatoms. The molecule has 1 N–H and O–H groups in total. The molecule has 0 spiro atoms. The van der Waals surface area contributed by atoms with Crippen molar-refractivity contribution in [1.82, 2.24) is 20.3 Å². The molecule has 2 rings (SSSR count). The summed E-state index contributed by atoms with van der Waals surface area (Å²) in [4.78, 5) is 13.1. The molecule has 1 atom stereocenters. The highest BCUT2D eigenvalue weighted by Gasteiger charge is 2.09. The van der Waals surface area contributed by atoms with Gasteiger partial charge in [-0.2, -0.15) is 0 Å². The van der Waals surface area contributed by atoms with Gasteiger partial charge in [-0.25, -0.2) is 0 Å². The summed E-state index contributed by atoms with van der Waals surface area (Å²) >= 11 is 0. The third-order valence-corrected chi connectivity index (χ3v) is 2.86. The Morgan fingerprint density at radius 3 is 2.67 bits per heavy atom. The zero-order chi connectivity index (χ0) is 13.0. The van der Waals surface area contributed by atoms with Crippen LogP contribution >= 0.6 is 0 Å². The van der Waals surface area contributed by atoms with Crippen molar-refractivity contribution in [1.29, 1.82) is 0 Å². The van der Waals surface area contributed by atoms with Crippen LogP contribution in [0.1, 0.15) is 35.7 Å². The normalized spacial score (nSPS) is 12.4. The van der Waals surface area contributed by atoms with Gasteiger partial charge in [-0.05, 0) is 32.9 Å². The first-order valence-corrected chi connectivity index (χ1v) is 6.10. The van der Waals surface area contributed by atoms with E-state index in [2.05, 4.69) is 27.2 Å². The SMILES string of the molecule is Cc1cccc(CNC(C)c2nccnc2C)n1. The predicted octanol–water partition coefficient (Wildman–Crippen LogP) is 2.34. The predicted molar refractivity (Wildman–Crippen MR) is 71.0 cm³/mol. The summed E-state index contributed by atoms with van der Waals surface area (Å²) in [6, 6.07) is 6.22. The molecule has 0 saturated carbocycles. The third kappa shape index (κ3) is 3.11. The maximum atomic E-state index is 4.46. The molecule has 18 heavy (non-hydrogen) atoms. The van der Waals surface area contributed by atoms with Gasteiger partial charge in [-0.15, -0.1) is 0 Å². The molecule has 0 saturated heterocycles. The van der Waals surface area contributed by atoms with Crippen molar-refractivity contribution in [3.63, 3.8) is 0 Å². The molecule has 0 aromatic carbocycles. The fourth-order valence-corrected chi connectivity index (χ4v) is 1.90. The summed E-state index contributed by atoms with van der Waals surface area (Å²) in [5.41, 5.74) is 4.04. The van der Waals surface area contributed by atoms with Gasteiger partial charge in [0.1, 0.15) is 0 Å². The largest absolute Gasteiger partial charge is 0.303 e. The number of nitrogens with zero attached hydrogens (tertiary/aromatic N) is 3. The van der Waals surface area contributed by atoms with Gasteiger partial charge < -0.3 is 5.32 Å². The molecule has 2 heterocycles. The fraction of sp³-hybridized carbons (Fsp3) is 0.357. The summed E-state index contributed by atoms with van der Waals surface area (Å²) < 4.78 is 0. The van der Waals surface area contributed by atoms with Gasteiger partial charge in [0.15, 0.2) is 0 Å². The molecular formula is C14H18N4. The minimum absolute atomic E-state index is 0.168. The van der Waals surface area contributed by atoms with E-state index in [1.807, 2.05) is 32.0 Å². The molecule has 94 valence electrons. The van der Waals surface area contributed by atoms with Crippen LogP contribution < -0.4 is 5.32 Å². The molecule has 4 nitrogen and oxygen atoms in total. The summed E-state index contributed by atoms with van der Waals surface area (Å²) in [6.07, 6.45) is 3.44. The van der Waals surface area contributed by atoms with Crippen molar-refractivity contribution in [3.05, 3.63) is 53.4 Å². The molecular weight excluding hydrogens is 224 g/mol. The zero-order valence-electron chi connectivity index (χ0n) is 11.0. The van der Waals surface area contributed by atoms with Gasteiger partial charge in [0, 0.05) is 30.7 Å². The lowest BCUT2D eigenvalue weighted by Gasteiger charge is -2.14. The Morgan fingerprint density at radius 2 is 1.94 bits per heavy atom. The smallest absolute Gasteiger partial charge is 0.0782 e. The second-order valence-electron chi connectivity index (χ2n) is 4.40. The summed E-state index contributed by atoms with van der Waals surface area (Å²) in [6.45, 7) is 6.80. The second-order valence-corrected chi connectivity index (χ2v) is 4.40. The van der Waals surface area contributed by atoms with Crippen LogP contribution in [0, 0.1) is 13.8 Å². The van der Waals surface area contributed by atoms with Crippen molar-refractivity contribution in [3.8, 4) is 0 Å². The topological polar surface area (TPSA) is 50.7 Å². The fourth-order valence-electron chi connectivity index (χ4n) is 1.90. The standard InChI is InChI=1S/C14H18N4/c1-10-5-4-6-13(18-10)9-17-12(3)14-11(2)15-7-8-16-14/h4-8,12,17H,9H2,1-3H3. The Morgan fingerprint density at radius 1 is 1.17 bits per heavy atom. The van der Waals surface area contributed by atoms with Crippen LogP contribution in [0.5, 0.6) is 0 Å². The Balaban J connectivity index is 2.00. The number of aryl methyl sites for hydroxylation is 2. The highest BCUT2D eigenvalue weighted by atomic mass is 15.0. The van der Waals surface area contributed by atoms with Gasteiger partial charge in [-0.3, -0.25) is 15.0 Å². The number of hydrogen-bond donors (Lipinski definition) is 1. The molecule has 1 unspecified atom stereocenters. The Labute approximate surface area is 108 Å². The van der Waals surface area contributed by atoms with E-state index in [4.69, 9.17) is 0 Å². The monoisotopic (exact) mass is 242 g/mol. The molecule has 2 aromatic rings. The van der Waals surface area contributed by atoms with E-state index in [-0.39, 0.29) is 6.04 Å². The Bertz CT molecular complexity index is 525. The van der Waals surface area contributed by atoms with Crippen LogP contribution in [0.3, 0.4) is 0 Å².